The van der Waals surface area contributed by atoms with Crippen LogP contribution >= 0.6 is 0 Å². The van der Waals surface area contributed by atoms with Crippen molar-refractivity contribution in [3.63, 3.8) is 0 Å². The molecule has 20 heavy (non-hydrogen) atoms. The van der Waals surface area contributed by atoms with Crippen LogP contribution in [-0.2, 0) is 11.3 Å². The summed E-state index contributed by atoms with van der Waals surface area (Å²) in [5, 5.41) is 2.77. The number of nitrogens with one attached hydrogen (secondary N) is 1. The van der Waals surface area contributed by atoms with Gasteiger partial charge in [-0.25, -0.2) is 0 Å². The molecular formula is C15H17N3O2. The maximum absolute atomic E-state index is 11.9. The summed E-state index contributed by atoms with van der Waals surface area (Å²) in [4.78, 5) is 23.5. The molecule has 3 N–H and O–H groups in total. The van der Waals surface area contributed by atoms with Gasteiger partial charge in [0.15, 0.2) is 0 Å². The Morgan fingerprint density at radius 1 is 1.20 bits per heavy atom. The number of aromatic nitrogens is 1. The number of nitrogen functional groups attached to an aromatic ring is 1. The second-order valence-electron chi connectivity index (χ2n) is 4.78. The highest BCUT2D eigenvalue weighted by Gasteiger charge is 2.06. The molecule has 1 aromatic heterocycles. The Balaban J connectivity index is 2.11. The molecule has 0 aliphatic rings. The summed E-state index contributed by atoms with van der Waals surface area (Å²) < 4.78 is 1.28. The number of nitrogens with zero attached hydrogens (tertiary/aromatic N) is 1. The quantitative estimate of drug-likeness (QED) is 0.891. The zero-order chi connectivity index (χ0) is 14.7. The highest BCUT2D eigenvalue weighted by Crippen LogP contribution is 2.14. The molecule has 5 nitrogen and oxygen atoms in total. The van der Waals surface area contributed by atoms with Crippen LogP contribution in [0.3, 0.4) is 0 Å². The lowest BCUT2D eigenvalue weighted by Crippen LogP contribution is -2.27. The number of hydrogen-bond donors (Lipinski definition) is 2. The summed E-state index contributed by atoms with van der Waals surface area (Å²) in [6, 6.07) is 8.54. The van der Waals surface area contributed by atoms with E-state index in [9.17, 15) is 9.59 Å². The summed E-state index contributed by atoms with van der Waals surface area (Å²) in [6.45, 7) is 3.93. The predicted octanol–water partition coefficient (Wildman–Crippen LogP) is 1.69. The molecule has 0 spiro atoms. The molecule has 0 fully saturated rings. The van der Waals surface area contributed by atoms with Crippen molar-refractivity contribution in [3.05, 3.63) is 58.0 Å². The standard InChI is InChI=1S/C15H17N3O2/c1-10-3-5-13(7-11(10)2)17-14(19)9-18-8-12(16)4-6-15(18)20/h3-8H,9,16H2,1-2H3,(H,17,19). The van der Waals surface area contributed by atoms with Crippen LogP contribution in [0.15, 0.2) is 41.3 Å². The van der Waals surface area contributed by atoms with Crippen molar-refractivity contribution in [2.75, 3.05) is 11.1 Å². The summed E-state index contributed by atoms with van der Waals surface area (Å²) in [7, 11) is 0. The van der Waals surface area contributed by atoms with Crippen molar-refractivity contribution in [2.24, 2.45) is 0 Å². The molecule has 0 aliphatic heterocycles. The van der Waals surface area contributed by atoms with E-state index in [0.29, 0.717) is 5.69 Å². The normalized spacial score (nSPS) is 10.3. The zero-order valence-electron chi connectivity index (χ0n) is 11.5. The van der Waals surface area contributed by atoms with Gasteiger partial charge in [-0.1, -0.05) is 6.07 Å². The molecule has 1 amide bonds. The summed E-state index contributed by atoms with van der Waals surface area (Å²) in [6.07, 6.45) is 1.46. The number of pyridine rings is 1. The highest BCUT2D eigenvalue weighted by molar-refractivity contribution is 5.90. The molecule has 0 radical (unpaired) electrons. The Hall–Kier alpha value is -2.56. The summed E-state index contributed by atoms with van der Waals surface area (Å²) in [5.74, 6) is -0.263. The molecular weight excluding hydrogens is 254 g/mol. The van der Waals surface area contributed by atoms with E-state index in [-0.39, 0.29) is 18.0 Å². The van der Waals surface area contributed by atoms with Gasteiger partial charge in [-0.15, -0.1) is 0 Å². The molecule has 0 unspecified atom stereocenters. The number of carbonyl (C=O) groups excluding carboxylic acids is 1. The Bertz CT molecular complexity index is 705. The van der Waals surface area contributed by atoms with Crippen molar-refractivity contribution in [1.29, 1.82) is 0 Å². The minimum Gasteiger partial charge on any atom is -0.398 e. The monoisotopic (exact) mass is 271 g/mol. The van der Waals surface area contributed by atoms with Crippen LogP contribution in [0.1, 0.15) is 11.1 Å². The first-order chi connectivity index (χ1) is 9.45. The summed E-state index contributed by atoms with van der Waals surface area (Å²) >= 11 is 0. The fraction of sp³-hybridized carbons (Fsp3) is 0.200. The Labute approximate surface area is 117 Å². The molecule has 0 saturated carbocycles. The average Bonchev–Trinajstić information content (AvgIpc) is 2.38. The topological polar surface area (TPSA) is 77.1 Å². The minimum absolute atomic E-state index is 0.0587. The van der Waals surface area contributed by atoms with Gasteiger partial charge in [0.25, 0.3) is 5.56 Å². The second kappa shape index (κ2) is 5.61. The third kappa shape index (κ3) is 3.26. The number of hydrogen-bond acceptors (Lipinski definition) is 3. The lowest BCUT2D eigenvalue weighted by atomic mass is 10.1. The summed E-state index contributed by atoms with van der Waals surface area (Å²) in [5.41, 5.74) is 8.77. The van der Waals surface area contributed by atoms with Crippen molar-refractivity contribution < 1.29 is 4.79 Å². The molecule has 0 atom stereocenters. The van der Waals surface area contributed by atoms with Crippen molar-refractivity contribution in [3.8, 4) is 0 Å². The molecule has 104 valence electrons. The Morgan fingerprint density at radius 3 is 2.65 bits per heavy atom. The molecule has 1 heterocycles. The number of anilines is 2. The largest absolute Gasteiger partial charge is 0.398 e. The lowest BCUT2D eigenvalue weighted by Gasteiger charge is -2.09. The maximum atomic E-state index is 11.9. The van der Waals surface area contributed by atoms with Gasteiger partial charge in [0.1, 0.15) is 6.54 Å². The molecule has 0 bridgehead atoms. The van der Waals surface area contributed by atoms with Gasteiger partial charge < -0.3 is 15.6 Å². The maximum Gasteiger partial charge on any atom is 0.251 e. The number of aryl methyl sites for hydroxylation is 2. The number of nitrogens with two attached hydrogens (primary N) is 1. The molecule has 2 aromatic rings. The van der Waals surface area contributed by atoms with Crippen LogP contribution in [0, 0.1) is 13.8 Å². The van der Waals surface area contributed by atoms with Crippen LogP contribution in [0.5, 0.6) is 0 Å². The van der Waals surface area contributed by atoms with Crippen molar-refractivity contribution in [1.82, 2.24) is 4.57 Å². The molecule has 1 aromatic carbocycles. The van der Waals surface area contributed by atoms with E-state index in [0.717, 1.165) is 16.8 Å². The minimum atomic E-state index is -0.263. The van der Waals surface area contributed by atoms with E-state index < -0.39 is 0 Å². The van der Waals surface area contributed by atoms with Gasteiger partial charge in [0, 0.05) is 23.6 Å². The third-order valence-electron chi connectivity index (χ3n) is 3.11. The molecule has 5 heteroatoms. The van der Waals surface area contributed by atoms with E-state index in [1.807, 2.05) is 32.0 Å². The second-order valence-corrected chi connectivity index (χ2v) is 4.78. The van der Waals surface area contributed by atoms with Gasteiger partial charge >= 0.3 is 0 Å². The van der Waals surface area contributed by atoms with Crippen LogP contribution in [0.4, 0.5) is 11.4 Å². The average molecular weight is 271 g/mol. The first-order valence-electron chi connectivity index (χ1n) is 6.29. The van der Waals surface area contributed by atoms with E-state index in [1.165, 1.54) is 22.9 Å². The number of rotatable bonds is 3. The van der Waals surface area contributed by atoms with Crippen LogP contribution in [0.25, 0.3) is 0 Å². The number of amides is 1. The van der Waals surface area contributed by atoms with Gasteiger partial charge in [0.05, 0.1) is 0 Å². The van der Waals surface area contributed by atoms with Crippen molar-refractivity contribution >= 4 is 17.3 Å². The van der Waals surface area contributed by atoms with Crippen LogP contribution < -0.4 is 16.6 Å². The molecule has 0 saturated heterocycles. The van der Waals surface area contributed by atoms with Gasteiger partial charge in [0.2, 0.25) is 5.91 Å². The van der Waals surface area contributed by atoms with Crippen LogP contribution in [-0.4, -0.2) is 10.5 Å². The Morgan fingerprint density at radius 2 is 1.95 bits per heavy atom. The fourth-order valence-corrected chi connectivity index (χ4v) is 1.85. The first-order valence-corrected chi connectivity index (χ1v) is 6.29. The molecule has 0 aliphatic carbocycles. The first kappa shape index (κ1) is 13.9. The fourth-order valence-electron chi connectivity index (χ4n) is 1.85. The predicted molar refractivity (Wildman–Crippen MR) is 79.7 cm³/mol. The SMILES string of the molecule is Cc1ccc(NC(=O)Cn2cc(N)ccc2=O)cc1C. The molecule has 2 rings (SSSR count). The third-order valence-corrected chi connectivity index (χ3v) is 3.11. The van der Waals surface area contributed by atoms with E-state index in [4.69, 9.17) is 5.73 Å². The van der Waals surface area contributed by atoms with Gasteiger partial charge in [-0.3, -0.25) is 9.59 Å². The highest BCUT2D eigenvalue weighted by atomic mass is 16.2. The van der Waals surface area contributed by atoms with E-state index in [1.54, 1.807) is 0 Å². The number of carbonyl (C=O) groups is 1. The van der Waals surface area contributed by atoms with E-state index >= 15 is 0 Å². The van der Waals surface area contributed by atoms with Gasteiger partial charge in [-0.2, -0.15) is 0 Å². The zero-order valence-corrected chi connectivity index (χ0v) is 11.5. The smallest absolute Gasteiger partial charge is 0.251 e. The van der Waals surface area contributed by atoms with E-state index in [2.05, 4.69) is 5.32 Å². The Kier molecular flexibility index (Phi) is 3.89. The van der Waals surface area contributed by atoms with Crippen molar-refractivity contribution in [2.45, 2.75) is 20.4 Å². The van der Waals surface area contributed by atoms with Gasteiger partial charge in [-0.05, 0) is 43.2 Å². The number of benzene rings is 1. The van der Waals surface area contributed by atoms with Crippen LogP contribution in [0.2, 0.25) is 0 Å². The lowest BCUT2D eigenvalue weighted by molar-refractivity contribution is -0.116.